The minimum atomic E-state index is -4.80. The van der Waals surface area contributed by atoms with E-state index in [9.17, 15) is 9.90 Å². The lowest BCUT2D eigenvalue weighted by Crippen LogP contribution is -2.50. The van der Waals surface area contributed by atoms with Gasteiger partial charge in [-0.25, -0.2) is 0 Å². The van der Waals surface area contributed by atoms with Crippen molar-refractivity contribution in [3.05, 3.63) is 50.5 Å². The summed E-state index contributed by atoms with van der Waals surface area (Å²) in [6, 6.07) is 4.92. The van der Waals surface area contributed by atoms with Crippen LogP contribution < -0.4 is 0 Å². The van der Waals surface area contributed by atoms with Gasteiger partial charge in [0, 0.05) is 36.5 Å². The molecule has 1 fully saturated rings. The van der Waals surface area contributed by atoms with Crippen LogP contribution in [-0.2, 0) is 15.1 Å². The summed E-state index contributed by atoms with van der Waals surface area (Å²) < 4.78 is 48.1. The second-order valence-electron chi connectivity index (χ2n) is 9.99. The van der Waals surface area contributed by atoms with Gasteiger partial charge in [0.05, 0.1) is 6.61 Å². The molecule has 11 heteroatoms. The van der Waals surface area contributed by atoms with Crippen molar-refractivity contribution in [2.24, 2.45) is 11.8 Å². The number of thioether (sulfide) groups is 2. The molecular weight excluding hydrogens is 620 g/mol. The van der Waals surface area contributed by atoms with Crippen LogP contribution in [0.4, 0.5) is 13.2 Å². The van der Waals surface area contributed by atoms with Crippen LogP contribution in [0.1, 0.15) is 46.6 Å². The average molecular weight is 648 g/mol. The number of alkyl halides is 3. The molecule has 5 atom stereocenters. The summed E-state index contributed by atoms with van der Waals surface area (Å²) in [5, 5.41) is 10.7. The van der Waals surface area contributed by atoms with Crippen LogP contribution >= 0.6 is 62.7 Å². The van der Waals surface area contributed by atoms with Gasteiger partial charge < -0.3 is 9.84 Å². The number of carbonyl (C=O) groups excluding carboxylic acids is 1. The fraction of sp³-hybridized carbons (Fsp3) is 0.560. The highest BCUT2D eigenvalue weighted by atomic mass is 79.9. The first-order valence-corrected chi connectivity index (χ1v) is 14.6. The number of benzene rings is 1. The van der Waals surface area contributed by atoms with Crippen LogP contribution in [-0.4, -0.2) is 38.6 Å². The summed E-state index contributed by atoms with van der Waals surface area (Å²) in [5.74, 6) is -2.84. The summed E-state index contributed by atoms with van der Waals surface area (Å²) in [5.41, 5.74) is -1.96. The molecule has 0 radical (unpaired) electrons. The molecule has 1 N–H and O–H groups in total. The van der Waals surface area contributed by atoms with E-state index in [0.717, 1.165) is 4.90 Å². The lowest BCUT2D eigenvalue weighted by molar-refractivity contribution is -0.182. The molecule has 3 nitrogen and oxygen atoms in total. The van der Waals surface area contributed by atoms with E-state index in [1.54, 1.807) is 43.8 Å². The molecule has 3 rings (SSSR count). The fourth-order valence-electron chi connectivity index (χ4n) is 4.63. The van der Waals surface area contributed by atoms with Gasteiger partial charge in [0.2, 0.25) is 0 Å². The van der Waals surface area contributed by atoms with Crippen LogP contribution in [0.2, 0.25) is 0 Å². The van der Waals surface area contributed by atoms with Crippen molar-refractivity contribution >= 4 is 68.6 Å². The van der Waals surface area contributed by atoms with Crippen molar-refractivity contribution in [1.29, 1.82) is 0 Å². The SMILES string of the molecule is CCOC(=O)C1SC(C2C=C(Cl)C=C(Cl)C2C)(C(F)(F)F)CC1(O)c1ccc(SC(C)(C)C)c(Br)c1. The molecule has 36 heavy (non-hydrogen) atoms. The van der Waals surface area contributed by atoms with Crippen molar-refractivity contribution in [2.45, 2.75) is 72.5 Å². The molecule has 200 valence electrons. The van der Waals surface area contributed by atoms with Gasteiger partial charge in [-0.2, -0.15) is 13.2 Å². The third-order valence-corrected chi connectivity index (χ3v) is 10.9. The highest BCUT2D eigenvalue weighted by Gasteiger charge is 2.72. The zero-order valence-corrected chi connectivity index (χ0v) is 25.1. The molecule has 1 aromatic carbocycles. The molecule has 5 unspecified atom stereocenters. The molecule has 2 aliphatic rings. The lowest BCUT2D eigenvalue weighted by atomic mass is 9.72. The number of hydrogen-bond acceptors (Lipinski definition) is 5. The van der Waals surface area contributed by atoms with E-state index >= 15 is 13.2 Å². The third-order valence-electron chi connectivity index (χ3n) is 6.25. The van der Waals surface area contributed by atoms with Gasteiger partial charge in [-0.3, -0.25) is 4.79 Å². The lowest BCUT2D eigenvalue weighted by Gasteiger charge is -2.42. The van der Waals surface area contributed by atoms with Crippen LogP contribution in [0.25, 0.3) is 0 Å². The standard InChI is InChI=1S/C25H28BrCl2F3O3S2/c1-6-34-21(32)20-23(33,14-7-8-19(17(26)9-14)35-22(3,4)5)12-24(36-20,25(29,30)31)16-10-15(27)11-18(28)13(16)2/h7-11,13,16,20,33H,6,12H2,1-5H3. The maximum atomic E-state index is 15.0. The van der Waals surface area contributed by atoms with Crippen molar-refractivity contribution in [3.63, 3.8) is 0 Å². The fourth-order valence-corrected chi connectivity index (χ4v) is 8.63. The Morgan fingerprint density at radius 1 is 1.31 bits per heavy atom. The topological polar surface area (TPSA) is 46.5 Å². The maximum absolute atomic E-state index is 15.0. The number of aliphatic hydroxyl groups is 1. The molecule has 0 bridgehead atoms. The van der Waals surface area contributed by atoms with Crippen molar-refractivity contribution in [2.75, 3.05) is 6.61 Å². The number of hydrogen-bond donors (Lipinski definition) is 1. The zero-order chi connectivity index (χ0) is 27.3. The molecule has 1 saturated heterocycles. The normalized spacial score (nSPS) is 31.2. The van der Waals surface area contributed by atoms with Crippen LogP contribution in [0.3, 0.4) is 0 Å². The summed E-state index contributed by atoms with van der Waals surface area (Å²) in [6.07, 6.45) is -2.82. The second-order valence-corrected chi connectivity index (χ2v) is 15.0. The van der Waals surface area contributed by atoms with Gasteiger partial charge in [-0.1, -0.05) is 63.0 Å². The summed E-state index contributed by atoms with van der Waals surface area (Å²) >= 11 is 17.9. The zero-order valence-electron chi connectivity index (χ0n) is 20.4. The van der Waals surface area contributed by atoms with Crippen molar-refractivity contribution in [3.8, 4) is 0 Å². The molecule has 1 aliphatic carbocycles. The Bertz CT molecular complexity index is 1090. The number of esters is 1. The second kappa shape index (κ2) is 10.7. The van der Waals surface area contributed by atoms with Crippen LogP contribution in [0.15, 0.2) is 49.8 Å². The minimum absolute atomic E-state index is 0.0318. The Morgan fingerprint density at radius 2 is 1.94 bits per heavy atom. The summed E-state index contributed by atoms with van der Waals surface area (Å²) in [4.78, 5) is 13.9. The maximum Gasteiger partial charge on any atom is 0.403 e. The van der Waals surface area contributed by atoms with Gasteiger partial charge in [0.15, 0.2) is 0 Å². The Morgan fingerprint density at radius 3 is 2.47 bits per heavy atom. The largest absolute Gasteiger partial charge is 0.465 e. The van der Waals surface area contributed by atoms with E-state index in [2.05, 4.69) is 15.9 Å². The van der Waals surface area contributed by atoms with Gasteiger partial charge in [-0.15, -0.1) is 23.5 Å². The first-order valence-electron chi connectivity index (χ1n) is 11.3. The third kappa shape index (κ3) is 5.81. The molecule has 0 aromatic heterocycles. The number of ether oxygens (including phenoxy) is 1. The van der Waals surface area contributed by atoms with Gasteiger partial charge in [0.1, 0.15) is 15.6 Å². The van der Waals surface area contributed by atoms with E-state index in [-0.39, 0.29) is 27.0 Å². The minimum Gasteiger partial charge on any atom is -0.465 e. The molecule has 1 aromatic rings. The number of carbonyl (C=O) groups is 1. The highest BCUT2D eigenvalue weighted by Crippen LogP contribution is 2.65. The van der Waals surface area contributed by atoms with Gasteiger partial charge in [0.25, 0.3) is 0 Å². The number of rotatable bonds is 5. The molecule has 1 heterocycles. The predicted octanol–water partition coefficient (Wildman–Crippen LogP) is 8.41. The summed E-state index contributed by atoms with van der Waals surface area (Å²) in [6.45, 7) is 9.24. The monoisotopic (exact) mass is 646 g/mol. The molecule has 0 spiro atoms. The first-order chi connectivity index (χ1) is 16.4. The van der Waals surface area contributed by atoms with Gasteiger partial charge in [-0.05, 0) is 52.5 Å². The quantitative estimate of drug-likeness (QED) is 0.257. The van der Waals surface area contributed by atoms with E-state index in [4.69, 9.17) is 27.9 Å². The Hall–Kier alpha value is -0.320. The van der Waals surface area contributed by atoms with E-state index in [1.807, 2.05) is 20.8 Å². The molecule has 1 aliphatic heterocycles. The number of halogens is 6. The van der Waals surface area contributed by atoms with Crippen LogP contribution in [0.5, 0.6) is 0 Å². The molecule has 0 amide bonds. The molecular formula is C25H28BrCl2F3O3S2. The van der Waals surface area contributed by atoms with Crippen LogP contribution in [0, 0.1) is 11.8 Å². The Labute approximate surface area is 236 Å². The van der Waals surface area contributed by atoms with E-state index in [0.29, 0.717) is 16.2 Å². The Balaban J connectivity index is 2.18. The van der Waals surface area contributed by atoms with E-state index in [1.165, 1.54) is 12.2 Å². The number of allylic oxidation sites excluding steroid dienone is 4. The predicted molar refractivity (Wildman–Crippen MR) is 146 cm³/mol. The van der Waals surface area contributed by atoms with Crippen molar-refractivity contribution in [1.82, 2.24) is 0 Å². The van der Waals surface area contributed by atoms with Gasteiger partial charge >= 0.3 is 12.1 Å². The van der Waals surface area contributed by atoms with Crippen molar-refractivity contribution < 1.29 is 27.8 Å². The molecule has 0 saturated carbocycles. The average Bonchev–Trinajstić information content (AvgIpc) is 3.07. The smallest absolute Gasteiger partial charge is 0.403 e. The Kier molecular flexibility index (Phi) is 8.97. The highest BCUT2D eigenvalue weighted by molar-refractivity contribution is 9.10. The first kappa shape index (κ1) is 30.2. The summed E-state index contributed by atoms with van der Waals surface area (Å²) in [7, 11) is 0. The van der Waals surface area contributed by atoms with E-state index < -0.39 is 46.0 Å².